The van der Waals surface area contributed by atoms with Gasteiger partial charge in [0.15, 0.2) is 11.5 Å². The summed E-state index contributed by atoms with van der Waals surface area (Å²) in [6.07, 6.45) is 0.182. The molecule has 0 aliphatic heterocycles. The normalized spacial score (nSPS) is 11.6. The highest BCUT2D eigenvalue weighted by Gasteiger charge is 2.24. The smallest absolute Gasteiger partial charge is 0.326 e. The average molecular weight is 409 g/mol. The zero-order chi connectivity index (χ0) is 21.7. The molecule has 0 fully saturated rings. The minimum Gasteiger partial charge on any atom is -0.493 e. The van der Waals surface area contributed by atoms with Crippen molar-refractivity contribution in [1.29, 1.82) is 0 Å². The third-order valence-electron chi connectivity index (χ3n) is 4.72. The second-order valence-corrected chi connectivity index (χ2v) is 6.70. The van der Waals surface area contributed by atoms with Crippen molar-refractivity contribution in [2.75, 3.05) is 14.2 Å². The van der Waals surface area contributed by atoms with E-state index in [9.17, 15) is 14.7 Å². The van der Waals surface area contributed by atoms with Gasteiger partial charge in [0.2, 0.25) is 0 Å². The molecule has 7 heteroatoms. The predicted octanol–water partition coefficient (Wildman–Crippen LogP) is 3.70. The number of carbonyl (C=O) groups excluding carboxylic acids is 1. The van der Waals surface area contributed by atoms with Crippen LogP contribution in [0.3, 0.4) is 0 Å². The Labute approximate surface area is 174 Å². The van der Waals surface area contributed by atoms with Crippen molar-refractivity contribution < 1.29 is 28.6 Å². The molecule has 0 aliphatic rings. The van der Waals surface area contributed by atoms with Crippen molar-refractivity contribution in [3.63, 3.8) is 0 Å². The van der Waals surface area contributed by atoms with Gasteiger partial charge in [0.05, 0.1) is 19.8 Å². The van der Waals surface area contributed by atoms with Crippen LogP contribution in [0.25, 0.3) is 11.3 Å². The molecule has 1 aromatic heterocycles. The van der Waals surface area contributed by atoms with Crippen LogP contribution in [0, 0.1) is 6.92 Å². The van der Waals surface area contributed by atoms with E-state index < -0.39 is 17.9 Å². The van der Waals surface area contributed by atoms with Gasteiger partial charge in [0.25, 0.3) is 5.91 Å². The lowest BCUT2D eigenvalue weighted by atomic mass is 10.1. The Morgan fingerprint density at radius 3 is 2.37 bits per heavy atom. The molecule has 0 bridgehead atoms. The van der Waals surface area contributed by atoms with Crippen molar-refractivity contribution in [2.45, 2.75) is 19.4 Å². The van der Waals surface area contributed by atoms with Crippen molar-refractivity contribution in [3.05, 3.63) is 71.5 Å². The first-order chi connectivity index (χ1) is 14.4. The van der Waals surface area contributed by atoms with E-state index in [-0.39, 0.29) is 12.0 Å². The molecule has 156 valence electrons. The molecule has 7 nitrogen and oxygen atoms in total. The number of aryl methyl sites for hydroxylation is 1. The molecule has 1 amide bonds. The molecule has 0 radical (unpaired) electrons. The predicted molar refractivity (Wildman–Crippen MR) is 111 cm³/mol. The van der Waals surface area contributed by atoms with Crippen LogP contribution in [-0.2, 0) is 11.2 Å². The van der Waals surface area contributed by atoms with Crippen LogP contribution in [0.2, 0.25) is 0 Å². The molecule has 30 heavy (non-hydrogen) atoms. The molecular formula is C23H23NO6. The molecule has 2 N–H and O–H groups in total. The molecule has 2 aromatic carbocycles. The first-order valence-corrected chi connectivity index (χ1v) is 9.33. The fourth-order valence-corrected chi connectivity index (χ4v) is 3.13. The molecule has 3 rings (SSSR count). The Kier molecular flexibility index (Phi) is 6.41. The number of nitrogens with one attached hydrogen (secondary N) is 1. The lowest BCUT2D eigenvalue weighted by Crippen LogP contribution is -2.42. The highest BCUT2D eigenvalue weighted by molar-refractivity contribution is 5.98. The van der Waals surface area contributed by atoms with Crippen molar-refractivity contribution in [1.82, 2.24) is 5.32 Å². The van der Waals surface area contributed by atoms with Gasteiger partial charge in [-0.2, -0.15) is 0 Å². The number of hydrogen-bond acceptors (Lipinski definition) is 5. The fraction of sp³-hybridized carbons (Fsp3) is 0.217. The summed E-state index contributed by atoms with van der Waals surface area (Å²) >= 11 is 0. The highest BCUT2D eigenvalue weighted by atomic mass is 16.5. The Morgan fingerprint density at radius 2 is 1.73 bits per heavy atom. The monoisotopic (exact) mass is 409 g/mol. The number of ether oxygens (including phenoxy) is 2. The topological polar surface area (TPSA) is 98.0 Å². The second kappa shape index (κ2) is 9.17. The van der Waals surface area contributed by atoms with Gasteiger partial charge in [0, 0.05) is 12.0 Å². The average Bonchev–Trinajstić information content (AvgIpc) is 3.15. The van der Waals surface area contributed by atoms with Crippen LogP contribution in [0.15, 0.2) is 59.0 Å². The minimum absolute atomic E-state index is 0.182. The standard InChI is InChI=1S/C23H23NO6/c1-14-17(13-20(30-14)16-9-10-19(28-2)21(12-16)29-3)22(25)24-18(23(26)27)11-15-7-5-4-6-8-15/h4-10,12-13,18H,11H2,1-3H3,(H,24,25)(H,26,27)/t18-/m1/s1. The largest absolute Gasteiger partial charge is 0.493 e. The number of carboxylic acids is 1. The van der Waals surface area contributed by atoms with Gasteiger partial charge in [-0.3, -0.25) is 4.79 Å². The number of aliphatic carboxylic acids is 1. The molecule has 0 aliphatic carbocycles. The number of benzene rings is 2. The lowest BCUT2D eigenvalue weighted by Gasteiger charge is -2.14. The molecule has 0 saturated carbocycles. The maximum absolute atomic E-state index is 12.8. The number of amides is 1. The van der Waals surface area contributed by atoms with Gasteiger partial charge in [-0.05, 0) is 36.8 Å². The number of methoxy groups -OCH3 is 2. The summed E-state index contributed by atoms with van der Waals surface area (Å²) in [7, 11) is 3.08. The first kappa shape index (κ1) is 21.0. The summed E-state index contributed by atoms with van der Waals surface area (Å²) < 4.78 is 16.3. The Balaban J connectivity index is 1.81. The SMILES string of the molecule is COc1ccc(-c2cc(C(=O)N[C@H](Cc3ccccc3)C(=O)O)c(C)o2)cc1OC. The van der Waals surface area contributed by atoms with E-state index in [2.05, 4.69) is 5.32 Å². The Bertz CT molecular complexity index is 1040. The Morgan fingerprint density at radius 1 is 1.03 bits per heavy atom. The van der Waals surface area contributed by atoms with Crippen LogP contribution in [-0.4, -0.2) is 37.2 Å². The number of carboxylic acid groups (broad SMARTS) is 1. The van der Waals surface area contributed by atoms with E-state index >= 15 is 0 Å². The minimum atomic E-state index is -1.10. The number of furan rings is 1. The number of hydrogen-bond donors (Lipinski definition) is 2. The van der Waals surface area contributed by atoms with Gasteiger partial charge >= 0.3 is 5.97 Å². The summed E-state index contributed by atoms with van der Waals surface area (Å²) in [6.45, 7) is 1.66. The summed E-state index contributed by atoms with van der Waals surface area (Å²) in [5.74, 6) is 0.353. The van der Waals surface area contributed by atoms with E-state index in [1.165, 1.54) is 7.11 Å². The van der Waals surface area contributed by atoms with Gasteiger partial charge in [-0.25, -0.2) is 4.79 Å². The van der Waals surface area contributed by atoms with Crippen LogP contribution >= 0.6 is 0 Å². The van der Waals surface area contributed by atoms with Gasteiger partial charge in [-0.15, -0.1) is 0 Å². The fourth-order valence-electron chi connectivity index (χ4n) is 3.13. The van der Waals surface area contributed by atoms with Crippen LogP contribution in [0.5, 0.6) is 11.5 Å². The van der Waals surface area contributed by atoms with Crippen LogP contribution < -0.4 is 14.8 Å². The quantitative estimate of drug-likeness (QED) is 0.589. The van der Waals surface area contributed by atoms with Crippen LogP contribution in [0.4, 0.5) is 0 Å². The summed E-state index contributed by atoms with van der Waals surface area (Å²) in [5.41, 5.74) is 1.80. The lowest BCUT2D eigenvalue weighted by molar-refractivity contribution is -0.139. The molecule has 0 spiro atoms. The number of carbonyl (C=O) groups is 2. The van der Waals surface area contributed by atoms with Crippen molar-refractivity contribution in [2.24, 2.45) is 0 Å². The van der Waals surface area contributed by atoms with E-state index in [4.69, 9.17) is 13.9 Å². The van der Waals surface area contributed by atoms with E-state index in [1.807, 2.05) is 30.3 Å². The van der Waals surface area contributed by atoms with Crippen LogP contribution in [0.1, 0.15) is 21.7 Å². The molecule has 1 atom stereocenters. The van der Waals surface area contributed by atoms with Crippen molar-refractivity contribution >= 4 is 11.9 Å². The summed E-state index contributed by atoms with van der Waals surface area (Å²) in [5, 5.41) is 12.1. The molecule has 0 saturated heterocycles. The van der Waals surface area contributed by atoms with Gasteiger partial charge < -0.3 is 24.3 Å². The molecule has 0 unspecified atom stereocenters. The molecule has 1 heterocycles. The maximum Gasteiger partial charge on any atom is 0.326 e. The zero-order valence-electron chi connectivity index (χ0n) is 17.0. The third kappa shape index (κ3) is 4.63. The second-order valence-electron chi connectivity index (χ2n) is 6.70. The summed E-state index contributed by atoms with van der Waals surface area (Å²) in [6, 6.07) is 14.9. The van der Waals surface area contributed by atoms with E-state index in [1.54, 1.807) is 38.3 Å². The summed E-state index contributed by atoms with van der Waals surface area (Å²) in [4.78, 5) is 24.4. The van der Waals surface area contributed by atoms with E-state index in [0.717, 1.165) is 5.56 Å². The zero-order valence-corrected chi connectivity index (χ0v) is 17.0. The Hall–Kier alpha value is -3.74. The first-order valence-electron chi connectivity index (χ1n) is 9.33. The maximum atomic E-state index is 12.8. The number of rotatable bonds is 8. The van der Waals surface area contributed by atoms with Crippen molar-refractivity contribution in [3.8, 4) is 22.8 Å². The highest BCUT2D eigenvalue weighted by Crippen LogP contribution is 2.34. The van der Waals surface area contributed by atoms with Gasteiger partial charge in [-0.1, -0.05) is 30.3 Å². The van der Waals surface area contributed by atoms with E-state index in [0.29, 0.717) is 28.6 Å². The molecular weight excluding hydrogens is 386 g/mol. The third-order valence-corrected chi connectivity index (χ3v) is 4.72. The van der Waals surface area contributed by atoms with Gasteiger partial charge in [0.1, 0.15) is 17.6 Å². The molecule has 3 aromatic rings.